The smallest absolute Gasteiger partial charge is 0.323 e. The van der Waals surface area contributed by atoms with Gasteiger partial charge < -0.3 is 9.47 Å². The highest BCUT2D eigenvalue weighted by Gasteiger charge is 2.58. The number of hydrogen-bond donors (Lipinski definition) is 0. The Bertz CT molecular complexity index is 445. The Labute approximate surface area is 120 Å². The van der Waals surface area contributed by atoms with E-state index in [1.54, 1.807) is 12.2 Å². The summed E-state index contributed by atoms with van der Waals surface area (Å²) in [5, 5.41) is 0. The summed E-state index contributed by atoms with van der Waals surface area (Å²) in [6, 6.07) is 0. The topological polar surface area (TPSA) is 52.6 Å². The fourth-order valence-corrected chi connectivity index (χ4v) is 2.83. The van der Waals surface area contributed by atoms with Crippen molar-refractivity contribution >= 4 is 11.9 Å². The molecule has 1 rings (SSSR count). The third kappa shape index (κ3) is 2.55. The van der Waals surface area contributed by atoms with Gasteiger partial charge in [0.1, 0.15) is 0 Å². The van der Waals surface area contributed by atoms with Crippen LogP contribution in [-0.4, -0.2) is 26.2 Å². The zero-order valence-corrected chi connectivity index (χ0v) is 12.4. The van der Waals surface area contributed by atoms with Crippen LogP contribution in [0.5, 0.6) is 0 Å². The highest BCUT2D eigenvalue weighted by molar-refractivity contribution is 6.01. The molecule has 1 atom stereocenters. The number of rotatable bonds is 5. The van der Waals surface area contributed by atoms with E-state index in [1.807, 2.05) is 13.0 Å². The van der Waals surface area contributed by atoms with E-state index in [0.717, 1.165) is 5.57 Å². The van der Waals surface area contributed by atoms with Crippen LogP contribution in [0, 0.1) is 10.8 Å². The zero-order valence-electron chi connectivity index (χ0n) is 12.4. The second kappa shape index (κ2) is 6.07. The van der Waals surface area contributed by atoms with Crippen molar-refractivity contribution in [3.05, 3.63) is 37.0 Å². The average Bonchev–Trinajstić information content (AvgIpc) is 2.78. The van der Waals surface area contributed by atoms with Crippen molar-refractivity contribution in [2.75, 3.05) is 14.2 Å². The molecule has 0 aliphatic heterocycles. The molecule has 1 unspecified atom stereocenters. The Morgan fingerprint density at radius 2 is 1.80 bits per heavy atom. The van der Waals surface area contributed by atoms with Crippen LogP contribution in [0.2, 0.25) is 0 Å². The fourth-order valence-electron chi connectivity index (χ4n) is 2.83. The maximum Gasteiger partial charge on any atom is 0.323 e. The Balaban J connectivity index is 3.31. The second-order valence-electron chi connectivity index (χ2n) is 5.29. The van der Waals surface area contributed by atoms with E-state index in [2.05, 4.69) is 13.2 Å². The van der Waals surface area contributed by atoms with Gasteiger partial charge in [-0.1, -0.05) is 30.7 Å². The predicted molar refractivity (Wildman–Crippen MR) is 76.9 cm³/mol. The number of esters is 2. The van der Waals surface area contributed by atoms with Gasteiger partial charge in [-0.15, -0.1) is 13.2 Å². The first-order valence-corrected chi connectivity index (χ1v) is 6.51. The molecule has 0 aromatic heterocycles. The molecule has 110 valence electrons. The summed E-state index contributed by atoms with van der Waals surface area (Å²) in [6.45, 7) is 9.48. The lowest BCUT2D eigenvalue weighted by Crippen LogP contribution is -2.39. The lowest BCUT2D eigenvalue weighted by molar-refractivity contribution is -0.169. The van der Waals surface area contributed by atoms with Gasteiger partial charge in [0.2, 0.25) is 0 Å². The molecule has 4 nitrogen and oxygen atoms in total. The highest BCUT2D eigenvalue weighted by atomic mass is 16.5. The number of ether oxygens (including phenoxy) is 2. The van der Waals surface area contributed by atoms with Crippen molar-refractivity contribution in [1.82, 2.24) is 0 Å². The van der Waals surface area contributed by atoms with Crippen LogP contribution in [0.4, 0.5) is 0 Å². The van der Waals surface area contributed by atoms with Gasteiger partial charge in [-0.05, 0) is 19.3 Å². The molecule has 0 amide bonds. The molecule has 1 saturated carbocycles. The third-order valence-electron chi connectivity index (χ3n) is 4.03. The summed E-state index contributed by atoms with van der Waals surface area (Å²) in [5.74, 6) is -1.11. The molecule has 0 saturated heterocycles. The van der Waals surface area contributed by atoms with Crippen LogP contribution in [0.25, 0.3) is 0 Å². The summed E-state index contributed by atoms with van der Waals surface area (Å²) in [6.07, 6.45) is 6.82. The number of hydrogen-bond acceptors (Lipinski definition) is 4. The monoisotopic (exact) mass is 278 g/mol. The maximum atomic E-state index is 12.2. The molecule has 0 aromatic carbocycles. The van der Waals surface area contributed by atoms with E-state index in [-0.39, 0.29) is 0 Å². The fraction of sp³-hybridized carbons (Fsp3) is 0.500. The van der Waals surface area contributed by atoms with Gasteiger partial charge in [-0.25, -0.2) is 0 Å². The van der Waals surface area contributed by atoms with Gasteiger partial charge in [0.15, 0.2) is 5.41 Å². The average molecular weight is 278 g/mol. The summed E-state index contributed by atoms with van der Waals surface area (Å²) in [5.41, 5.74) is -0.714. The van der Waals surface area contributed by atoms with E-state index < -0.39 is 22.8 Å². The number of methoxy groups -OCH3 is 2. The van der Waals surface area contributed by atoms with Gasteiger partial charge in [0, 0.05) is 5.41 Å². The zero-order chi connectivity index (χ0) is 15.4. The molecule has 0 heterocycles. The van der Waals surface area contributed by atoms with Crippen LogP contribution in [0.1, 0.15) is 26.2 Å². The molecule has 1 aliphatic carbocycles. The molecular weight excluding hydrogens is 256 g/mol. The molecule has 0 radical (unpaired) electrons. The summed E-state index contributed by atoms with van der Waals surface area (Å²) in [4.78, 5) is 24.3. The van der Waals surface area contributed by atoms with Gasteiger partial charge >= 0.3 is 11.9 Å². The first-order chi connectivity index (χ1) is 9.40. The standard InChI is InChI=1S/C16H22O4/c1-6-8-9-12-10-16(13(17)19-4,14(18)20-5)11-15(12,3)7-2/h6-7,9H,1-2,8,10-11H2,3-5H3/b12-9-. The lowest BCUT2D eigenvalue weighted by atomic mass is 9.80. The van der Waals surface area contributed by atoms with Crippen molar-refractivity contribution in [3.8, 4) is 0 Å². The van der Waals surface area contributed by atoms with E-state index in [9.17, 15) is 9.59 Å². The van der Waals surface area contributed by atoms with E-state index in [1.165, 1.54) is 14.2 Å². The largest absolute Gasteiger partial charge is 0.468 e. The van der Waals surface area contributed by atoms with Gasteiger partial charge in [0.05, 0.1) is 14.2 Å². The van der Waals surface area contributed by atoms with Crippen LogP contribution in [0.15, 0.2) is 37.0 Å². The van der Waals surface area contributed by atoms with Crippen molar-refractivity contribution in [1.29, 1.82) is 0 Å². The number of allylic oxidation sites excluding steroid dienone is 4. The predicted octanol–water partition coefficient (Wildman–Crippen LogP) is 2.81. The van der Waals surface area contributed by atoms with Gasteiger partial charge in [-0.2, -0.15) is 0 Å². The van der Waals surface area contributed by atoms with Crippen LogP contribution in [-0.2, 0) is 19.1 Å². The molecule has 1 fully saturated rings. The van der Waals surface area contributed by atoms with Gasteiger partial charge in [0.25, 0.3) is 0 Å². The molecule has 0 spiro atoms. The second-order valence-corrected chi connectivity index (χ2v) is 5.29. The summed E-state index contributed by atoms with van der Waals surface area (Å²) in [7, 11) is 2.56. The molecule has 20 heavy (non-hydrogen) atoms. The van der Waals surface area contributed by atoms with Crippen molar-refractivity contribution in [3.63, 3.8) is 0 Å². The Morgan fingerprint density at radius 3 is 2.20 bits per heavy atom. The summed E-state index contributed by atoms with van der Waals surface area (Å²) >= 11 is 0. The molecule has 0 N–H and O–H groups in total. The normalized spacial score (nSPS) is 26.1. The number of carbonyl (C=O) groups excluding carboxylic acids is 2. The first kappa shape index (κ1) is 16.2. The van der Waals surface area contributed by atoms with E-state index >= 15 is 0 Å². The maximum absolute atomic E-state index is 12.2. The first-order valence-electron chi connectivity index (χ1n) is 6.51. The van der Waals surface area contributed by atoms with Crippen LogP contribution in [0.3, 0.4) is 0 Å². The van der Waals surface area contributed by atoms with Crippen molar-refractivity contribution in [2.45, 2.75) is 26.2 Å². The highest BCUT2D eigenvalue weighted by Crippen LogP contribution is 2.54. The summed E-state index contributed by atoms with van der Waals surface area (Å²) < 4.78 is 9.66. The van der Waals surface area contributed by atoms with Crippen LogP contribution < -0.4 is 0 Å². The minimum absolute atomic E-state index is 0.294. The Kier molecular flexibility index (Phi) is 4.93. The molecule has 0 aromatic rings. The Hall–Kier alpha value is -1.84. The third-order valence-corrected chi connectivity index (χ3v) is 4.03. The van der Waals surface area contributed by atoms with Crippen molar-refractivity contribution in [2.24, 2.45) is 10.8 Å². The van der Waals surface area contributed by atoms with Crippen molar-refractivity contribution < 1.29 is 19.1 Å². The SMILES string of the molecule is C=CC/C=C1/CC(C(=O)OC)(C(=O)OC)CC1(C)C=C. The van der Waals surface area contributed by atoms with Crippen LogP contribution >= 0.6 is 0 Å². The van der Waals surface area contributed by atoms with Gasteiger partial charge in [-0.3, -0.25) is 9.59 Å². The van der Waals surface area contributed by atoms with E-state index in [4.69, 9.17) is 9.47 Å². The Morgan fingerprint density at radius 1 is 1.25 bits per heavy atom. The molecular formula is C16H22O4. The van der Waals surface area contributed by atoms with E-state index in [0.29, 0.717) is 19.3 Å². The minimum Gasteiger partial charge on any atom is -0.468 e. The lowest BCUT2D eigenvalue weighted by Gasteiger charge is -2.25. The minimum atomic E-state index is -1.28. The molecule has 4 heteroatoms. The molecule has 1 aliphatic rings. The molecule has 0 bridgehead atoms. The number of carbonyl (C=O) groups is 2. The quantitative estimate of drug-likeness (QED) is 0.441.